The lowest BCUT2D eigenvalue weighted by atomic mass is 10.0. The summed E-state index contributed by atoms with van der Waals surface area (Å²) in [6, 6.07) is 20.0. The molecule has 0 radical (unpaired) electrons. The van der Waals surface area contributed by atoms with Crippen molar-refractivity contribution in [1.82, 2.24) is 0 Å². The van der Waals surface area contributed by atoms with E-state index in [1.807, 2.05) is 74.5 Å². The molecule has 0 spiro atoms. The number of likely N-dealkylation sites (N-methyl/N-ethyl adjacent to an activating group) is 2. The van der Waals surface area contributed by atoms with Crippen molar-refractivity contribution in [2.75, 3.05) is 39.7 Å². The van der Waals surface area contributed by atoms with Crippen molar-refractivity contribution in [1.29, 1.82) is 0 Å². The largest absolute Gasteiger partial charge is 0.748 e. The van der Waals surface area contributed by atoms with E-state index in [2.05, 4.69) is 28.2 Å². The minimum atomic E-state index is -4.59. The number of aliphatic hydroxyl groups is 2. The van der Waals surface area contributed by atoms with Crippen LogP contribution in [-0.4, -0.2) is 87.9 Å². The van der Waals surface area contributed by atoms with Crippen LogP contribution in [-0.2, 0) is 20.2 Å². The Hall–Kier alpha value is -1.90. The second-order valence-electron chi connectivity index (χ2n) is 8.97. The molecule has 2 aromatic rings. The van der Waals surface area contributed by atoms with Gasteiger partial charge in [-0.1, -0.05) is 60.7 Å². The summed E-state index contributed by atoms with van der Waals surface area (Å²) in [7, 11) is -0.963. The molecular weight excluding hydrogens is 508 g/mol. The lowest BCUT2D eigenvalue weighted by molar-refractivity contribution is -0.888. The van der Waals surface area contributed by atoms with Gasteiger partial charge in [0.1, 0.15) is 24.3 Å². The highest BCUT2D eigenvalue weighted by molar-refractivity contribution is 7.89. The molecule has 0 unspecified atom stereocenters. The van der Waals surface area contributed by atoms with Crippen LogP contribution in [0.15, 0.2) is 60.7 Å². The van der Waals surface area contributed by atoms with E-state index >= 15 is 0 Å². The molecule has 206 valence electrons. The highest BCUT2D eigenvalue weighted by atomic mass is 32.2. The Morgan fingerprint density at radius 1 is 0.639 bits per heavy atom. The van der Waals surface area contributed by atoms with Crippen molar-refractivity contribution in [3.05, 3.63) is 71.8 Å². The number of benzene rings is 2. The minimum Gasteiger partial charge on any atom is -0.748 e. The summed E-state index contributed by atoms with van der Waals surface area (Å²) in [5.41, 5.74) is 1.99. The van der Waals surface area contributed by atoms with Gasteiger partial charge in [0.25, 0.3) is 0 Å². The Morgan fingerprint density at radius 2 is 0.889 bits per heavy atom. The maximum Gasteiger partial charge on any atom is 0.130 e. The van der Waals surface area contributed by atoms with Gasteiger partial charge in [-0.15, -0.1) is 0 Å². The van der Waals surface area contributed by atoms with Crippen LogP contribution in [0.1, 0.15) is 37.2 Å². The zero-order chi connectivity index (χ0) is 28.1. The smallest absolute Gasteiger partial charge is 0.130 e. The molecule has 0 aliphatic heterocycles. The highest BCUT2D eigenvalue weighted by Gasteiger charge is 2.21. The van der Waals surface area contributed by atoms with Crippen LogP contribution in [0, 0.1) is 0 Å². The number of hydrogen-bond donors (Lipinski definition) is 4. The molecule has 10 nitrogen and oxygen atoms in total. The van der Waals surface area contributed by atoms with Gasteiger partial charge in [-0.25, -0.2) is 16.8 Å². The average Bonchev–Trinajstić information content (AvgIpc) is 2.82. The first-order valence-electron chi connectivity index (χ1n) is 11.4. The summed E-state index contributed by atoms with van der Waals surface area (Å²) < 4.78 is 58.3. The van der Waals surface area contributed by atoms with Gasteiger partial charge in [-0.05, 0) is 25.0 Å². The van der Waals surface area contributed by atoms with Crippen LogP contribution in [0.5, 0.6) is 0 Å². The maximum absolute atomic E-state index is 9.94. The summed E-state index contributed by atoms with van der Waals surface area (Å²) >= 11 is 0. The fourth-order valence-electron chi connectivity index (χ4n) is 2.71. The Kier molecular flexibility index (Phi) is 15.2. The van der Waals surface area contributed by atoms with Gasteiger partial charge in [0.15, 0.2) is 0 Å². The first kappa shape index (κ1) is 34.1. The van der Waals surface area contributed by atoms with Crippen LogP contribution in [0.3, 0.4) is 0 Å². The molecule has 2 aromatic carbocycles. The van der Waals surface area contributed by atoms with E-state index in [0.29, 0.717) is 0 Å². The van der Waals surface area contributed by atoms with Crippen LogP contribution in [0.2, 0.25) is 0 Å². The SMILES string of the molecule is C[C@@H]([C@H](O)c1ccccc1)[NH+](C)C.C[C@@H]([C@H](O)c1ccccc1)[NH+](C)C.O=S(=O)([O-])CCS(=O)(=O)[O-]. The Balaban J connectivity index is 0.000000517. The highest BCUT2D eigenvalue weighted by Crippen LogP contribution is 2.14. The molecular formula is C24H40N2O8S2. The van der Waals surface area contributed by atoms with Crippen LogP contribution in [0.4, 0.5) is 0 Å². The Bertz CT molecular complexity index is 976. The number of nitrogens with one attached hydrogen (secondary N) is 2. The fourth-order valence-corrected chi connectivity index (χ4v) is 4.35. The van der Waals surface area contributed by atoms with Crippen LogP contribution in [0.25, 0.3) is 0 Å². The number of quaternary nitrogens is 2. The topological polar surface area (TPSA) is 164 Å². The lowest BCUT2D eigenvalue weighted by Gasteiger charge is -2.22. The van der Waals surface area contributed by atoms with Crippen molar-refractivity contribution >= 4 is 20.2 Å². The molecule has 0 saturated carbocycles. The van der Waals surface area contributed by atoms with Crippen molar-refractivity contribution in [3.8, 4) is 0 Å². The lowest BCUT2D eigenvalue weighted by Crippen LogP contribution is -3.10. The molecule has 0 aliphatic carbocycles. The van der Waals surface area contributed by atoms with Crippen LogP contribution >= 0.6 is 0 Å². The van der Waals surface area contributed by atoms with Gasteiger partial charge >= 0.3 is 0 Å². The second kappa shape index (κ2) is 16.0. The van der Waals surface area contributed by atoms with Crippen molar-refractivity contribution < 1.29 is 46.0 Å². The zero-order valence-corrected chi connectivity index (χ0v) is 23.3. The van der Waals surface area contributed by atoms with Crippen molar-refractivity contribution in [2.24, 2.45) is 0 Å². The normalized spacial score (nSPS) is 15.1. The molecule has 4 atom stereocenters. The monoisotopic (exact) mass is 548 g/mol. The standard InChI is InChI=1S/2C11H17NO.C2H6O6S2/c2*1-9(12(2)3)11(13)10-7-5-4-6-8-10;3-9(4,5)1-2-10(6,7)8/h2*4-9,11,13H,1-3H3;1-2H2,(H,3,4,5)(H,6,7,8)/t2*9-,11-;/m00./s1. The van der Waals surface area contributed by atoms with E-state index in [-0.39, 0.29) is 24.3 Å². The first-order chi connectivity index (χ1) is 16.5. The summed E-state index contributed by atoms with van der Waals surface area (Å²) in [4.78, 5) is 2.52. The molecule has 4 N–H and O–H groups in total. The molecule has 0 amide bonds. The summed E-state index contributed by atoms with van der Waals surface area (Å²) in [6.07, 6.45) is -0.739. The molecule has 0 aromatic heterocycles. The molecule has 0 saturated heterocycles. The van der Waals surface area contributed by atoms with Crippen molar-refractivity contribution in [2.45, 2.75) is 38.1 Å². The summed E-state index contributed by atoms with van der Waals surface area (Å²) in [6.45, 7) is 4.10. The van der Waals surface area contributed by atoms with Gasteiger partial charge in [-0.2, -0.15) is 0 Å². The third-order valence-corrected chi connectivity index (χ3v) is 7.30. The molecule has 0 bridgehead atoms. The maximum atomic E-state index is 9.94. The van der Waals surface area contributed by atoms with Gasteiger partial charge in [0.05, 0.1) is 59.9 Å². The van der Waals surface area contributed by atoms with Crippen molar-refractivity contribution in [3.63, 3.8) is 0 Å². The Labute approximate surface area is 215 Å². The molecule has 12 heteroatoms. The predicted molar refractivity (Wildman–Crippen MR) is 136 cm³/mol. The van der Waals surface area contributed by atoms with E-state index in [4.69, 9.17) is 0 Å². The van der Waals surface area contributed by atoms with E-state index in [1.165, 1.54) is 9.80 Å². The van der Waals surface area contributed by atoms with Gasteiger partial charge in [-0.3, -0.25) is 0 Å². The molecule has 0 fully saturated rings. The average molecular weight is 549 g/mol. The molecule has 2 rings (SSSR count). The molecule has 36 heavy (non-hydrogen) atoms. The quantitative estimate of drug-likeness (QED) is 0.278. The number of aliphatic hydroxyl groups excluding tert-OH is 2. The Morgan fingerprint density at radius 3 is 1.08 bits per heavy atom. The third-order valence-electron chi connectivity index (χ3n) is 5.63. The van der Waals surface area contributed by atoms with Gasteiger partial charge in [0.2, 0.25) is 0 Å². The molecule has 0 heterocycles. The van der Waals surface area contributed by atoms with Gasteiger partial charge < -0.3 is 29.1 Å². The number of hydrogen-bond acceptors (Lipinski definition) is 8. The van der Waals surface area contributed by atoms with E-state index < -0.39 is 31.7 Å². The van der Waals surface area contributed by atoms with Crippen LogP contribution < -0.4 is 9.80 Å². The number of rotatable bonds is 9. The first-order valence-corrected chi connectivity index (χ1v) is 14.5. The minimum absolute atomic E-state index is 0.224. The van der Waals surface area contributed by atoms with E-state index in [9.17, 15) is 36.2 Å². The fraction of sp³-hybridized carbons (Fsp3) is 0.500. The third kappa shape index (κ3) is 15.3. The molecule has 0 aliphatic rings. The second-order valence-corrected chi connectivity index (χ2v) is 12.0. The van der Waals surface area contributed by atoms with Gasteiger partial charge in [0, 0.05) is 0 Å². The predicted octanol–water partition coefficient (Wildman–Crippen LogP) is -1.42. The summed E-state index contributed by atoms with van der Waals surface area (Å²) in [5, 5.41) is 19.9. The zero-order valence-electron chi connectivity index (χ0n) is 21.7. The van der Waals surface area contributed by atoms with E-state index in [1.54, 1.807) is 0 Å². The summed E-state index contributed by atoms with van der Waals surface area (Å²) in [5.74, 6) is -2.31. The van der Waals surface area contributed by atoms with E-state index in [0.717, 1.165) is 11.1 Å².